The van der Waals surface area contributed by atoms with Gasteiger partial charge in [0.15, 0.2) is 0 Å². The zero-order valence-corrected chi connectivity index (χ0v) is 12.4. The van der Waals surface area contributed by atoms with E-state index in [9.17, 15) is 4.79 Å². The van der Waals surface area contributed by atoms with Crippen molar-refractivity contribution >= 4 is 17.4 Å². The zero-order chi connectivity index (χ0) is 15.1. The number of hydrogen-bond acceptors (Lipinski definition) is 2. The molecule has 0 atom stereocenters. The Morgan fingerprint density at radius 2 is 1.71 bits per heavy atom. The lowest BCUT2D eigenvalue weighted by Gasteiger charge is -2.21. The van der Waals surface area contributed by atoms with Crippen molar-refractivity contribution in [3.8, 4) is 5.75 Å². The van der Waals surface area contributed by atoms with Gasteiger partial charge in [0.05, 0.1) is 6.61 Å². The summed E-state index contributed by atoms with van der Waals surface area (Å²) in [6.45, 7) is 5.12. The lowest BCUT2D eigenvalue weighted by atomic mass is 10.3. The van der Waals surface area contributed by atoms with Gasteiger partial charge in [0.2, 0.25) is 0 Å². The number of hydrogen-bond donors (Lipinski definition) is 1. The minimum atomic E-state index is -0.146. The summed E-state index contributed by atoms with van der Waals surface area (Å²) in [5.41, 5.74) is 1.63. The van der Waals surface area contributed by atoms with Crippen molar-refractivity contribution in [2.24, 2.45) is 0 Å². The van der Waals surface area contributed by atoms with E-state index in [1.807, 2.05) is 68.4 Å². The molecule has 4 nitrogen and oxygen atoms in total. The number of anilines is 2. The van der Waals surface area contributed by atoms with Gasteiger partial charge in [-0.25, -0.2) is 4.79 Å². The first-order valence-corrected chi connectivity index (χ1v) is 7.11. The Morgan fingerprint density at radius 1 is 1.05 bits per heavy atom. The number of nitrogens with zero attached hydrogens (tertiary/aromatic N) is 1. The van der Waals surface area contributed by atoms with E-state index in [2.05, 4.69) is 5.32 Å². The molecule has 0 aliphatic carbocycles. The summed E-state index contributed by atoms with van der Waals surface area (Å²) < 4.78 is 5.38. The second kappa shape index (κ2) is 7.33. The van der Waals surface area contributed by atoms with Crippen molar-refractivity contribution in [1.29, 1.82) is 0 Å². The lowest BCUT2D eigenvalue weighted by molar-refractivity contribution is 0.257. The van der Waals surface area contributed by atoms with Crippen LogP contribution in [-0.4, -0.2) is 19.2 Å². The maximum atomic E-state index is 12.3. The van der Waals surface area contributed by atoms with E-state index in [1.165, 1.54) is 0 Å². The van der Waals surface area contributed by atoms with Crippen LogP contribution in [0.5, 0.6) is 5.75 Å². The SMILES string of the molecule is CCOc1ccc(NC(=O)N(CC)c2ccccc2)cc1. The van der Waals surface area contributed by atoms with Gasteiger partial charge in [0.25, 0.3) is 0 Å². The summed E-state index contributed by atoms with van der Waals surface area (Å²) in [6.07, 6.45) is 0. The van der Waals surface area contributed by atoms with Gasteiger partial charge in [-0.1, -0.05) is 18.2 Å². The zero-order valence-electron chi connectivity index (χ0n) is 12.4. The molecule has 0 aromatic heterocycles. The maximum absolute atomic E-state index is 12.3. The summed E-state index contributed by atoms with van der Waals surface area (Å²) in [7, 11) is 0. The van der Waals surface area contributed by atoms with Crippen molar-refractivity contribution in [3.63, 3.8) is 0 Å². The number of ether oxygens (including phenoxy) is 1. The molecule has 2 rings (SSSR count). The topological polar surface area (TPSA) is 41.6 Å². The molecule has 2 aromatic carbocycles. The van der Waals surface area contributed by atoms with Crippen LogP contribution in [0, 0.1) is 0 Å². The smallest absolute Gasteiger partial charge is 0.326 e. The van der Waals surface area contributed by atoms with Gasteiger partial charge < -0.3 is 10.1 Å². The van der Waals surface area contributed by atoms with Crippen LogP contribution in [0.3, 0.4) is 0 Å². The molecule has 0 bridgehead atoms. The normalized spacial score (nSPS) is 10.0. The largest absolute Gasteiger partial charge is 0.494 e. The minimum absolute atomic E-state index is 0.146. The Kier molecular flexibility index (Phi) is 5.21. The maximum Gasteiger partial charge on any atom is 0.326 e. The number of nitrogens with one attached hydrogen (secondary N) is 1. The van der Waals surface area contributed by atoms with Gasteiger partial charge in [-0.15, -0.1) is 0 Å². The Balaban J connectivity index is 2.05. The molecule has 21 heavy (non-hydrogen) atoms. The second-order valence-corrected chi connectivity index (χ2v) is 4.47. The molecular formula is C17H20N2O2. The van der Waals surface area contributed by atoms with E-state index in [4.69, 9.17) is 4.74 Å². The number of carbonyl (C=O) groups excluding carboxylic acids is 1. The van der Waals surface area contributed by atoms with Crippen molar-refractivity contribution in [2.75, 3.05) is 23.4 Å². The number of amides is 2. The van der Waals surface area contributed by atoms with Crippen LogP contribution < -0.4 is 15.0 Å². The highest BCUT2D eigenvalue weighted by atomic mass is 16.5. The highest BCUT2D eigenvalue weighted by Crippen LogP contribution is 2.18. The Morgan fingerprint density at radius 3 is 2.29 bits per heavy atom. The highest BCUT2D eigenvalue weighted by Gasteiger charge is 2.13. The standard InChI is InChI=1S/C17H20N2O2/c1-3-19(15-8-6-5-7-9-15)17(20)18-14-10-12-16(13-11-14)21-4-2/h5-13H,3-4H2,1-2H3,(H,18,20). The highest BCUT2D eigenvalue weighted by molar-refractivity contribution is 6.01. The quantitative estimate of drug-likeness (QED) is 0.896. The summed E-state index contributed by atoms with van der Waals surface area (Å²) in [5.74, 6) is 0.797. The molecule has 0 saturated heterocycles. The molecule has 110 valence electrons. The van der Waals surface area contributed by atoms with Gasteiger partial charge >= 0.3 is 6.03 Å². The summed E-state index contributed by atoms with van der Waals surface area (Å²) >= 11 is 0. The van der Waals surface area contributed by atoms with E-state index < -0.39 is 0 Å². The predicted molar refractivity (Wildman–Crippen MR) is 86.1 cm³/mol. The molecular weight excluding hydrogens is 264 g/mol. The number of rotatable bonds is 5. The Hall–Kier alpha value is -2.49. The molecule has 2 aromatic rings. The minimum Gasteiger partial charge on any atom is -0.494 e. The first-order chi connectivity index (χ1) is 10.2. The molecule has 0 spiro atoms. The third-order valence-corrected chi connectivity index (χ3v) is 3.05. The molecule has 0 fully saturated rings. The lowest BCUT2D eigenvalue weighted by Crippen LogP contribution is -2.34. The van der Waals surface area contributed by atoms with Gasteiger partial charge in [0, 0.05) is 17.9 Å². The molecule has 0 saturated carbocycles. The van der Waals surface area contributed by atoms with Crippen molar-refractivity contribution < 1.29 is 9.53 Å². The molecule has 0 radical (unpaired) electrons. The molecule has 0 heterocycles. The number of para-hydroxylation sites is 1. The number of urea groups is 1. The fourth-order valence-electron chi connectivity index (χ4n) is 2.04. The van der Waals surface area contributed by atoms with Gasteiger partial charge in [0.1, 0.15) is 5.75 Å². The van der Waals surface area contributed by atoms with Crippen LogP contribution in [0.2, 0.25) is 0 Å². The predicted octanol–water partition coefficient (Wildman–Crippen LogP) is 4.14. The van der Waals surface area contributed by atoms with Crippen LogP contribution in [0.1, 0.15) is 13.8 Å². The average Bonchev–Trinajstić information content (AvgIpc) is 2.51. The van der Waals surface area contributed by atoms with Crippen LogP contribution in [0.15, 0.2) is 54.6 Å². The molecule has 0 unspecified atom stereocenters. The van der Waals surface area contributed by atoms with Crippen molar-refractivity contribution in [2.45, 2.75) is 13.8 Å². The van der Waals surface area contributed by atoms with Crippen molar-refractivity contribution in [3.05, 3.63) is 54.6 Å². The number of carbonyl (C=O) groups is 1. The molecule has 1 N–H and O–H groups in total. The third-order valence-electron chi connectivity index (χ3n) is 3.05. The summed E-state index contributed by atoms with van der Waals surface area (Å²) in [5, 5.41) is 2.89. The fourth-order valence-corrected chi connectivity index (χ4v) is 2.04. The Bertz CT molecular complexity index is 567. The van der Waals surface area contributed by atoms with Crippen LogP contribution in [-0.2, 0) is 0 Å². The van der Waals surface area contributed by atoms with E-state index in [0.29, 0.717) is 13.2 Å². The van der Waals surface area contributed by atoms with Gasteiger partial charge in [-0.3, -0.25) is 4.90 Å². The van der Waals surface area contributed by atoms with Crippen LogP contribution in [0.4, 0.5) is 16.2 Å². The van der Waals surface area contributed by atoms with Crippen LogP contribution >= 0.6 is 0 Å². The van der Waals surface area contributed by atoms with E-state index in [1.54, 1.807) is 4.90 Å². The monoisotopic (exact) mass is 284 g/mol. The first kappa shape index (κ1) is 14.9. The molecule has 2 amide bonds. The second-order valence-electron chi connectivity index (χ2n) is 4.47. The van der Waals surface area contributed by atoms with E-state index in [0.717, 1.165) is 17.1 Å². The first-order valence-electron chi connectivity index (χ1n) is 7.11. The van der Waals surface area contributed by atoms with Crippen LogP contribution in [0.25, 0.3) is 0 Å². The number of benzene rings is 2. The van der Waals surface area contributed by atoms with Crippen molar-refractivity contribution in [1.82, 2.24) is 0 Å². The summed E-state index contributed by atoms with van der Waals surface area (Å²) in [4.78, 5) is 14.0. The molecule has 0 aliphatic heterocycles. The van der Waals surface area contributed by atoms with E-state index >= 15 is 0 Å². The molecule has 4 heteroatoms. The third kappa shape index (κ3) is 3.99. The van der Waals surface area contributed by atoms with Gasteiger partial charge in [-0.2, -0.15) is 0 Å². The average molecular weight is 284 g/mol. The van der Waals surface area contributed by atoms with E-state index in [-0.39, 0.29) is 6.03 Å². The fraction of sp³-hybridized carbons (Fsp3) is 0.235. The van der Waals surface area contributed by atoms with Gasteiger partial charge in [-0.05, 0) is 50.2 Å². The summed E-state index contributed by atoms with van der Waals surface area (Å²) in [6, 6.07) is 16.8. The Labute approximate surface area is 125 Å². The molecule has 0 aliphatic rings.